The van der Waals surface area contributed by atoms with Gasteiger partial charge in [0, 0.05) is 11.1 Å². The Morgan fingerprint density at radius 3 is 2.68 bits per heavy atom. The van der Waals surface area contributed by atoms with Crippen LogP contribution in [0.25, 0.3) is 0 Å². The number of amides is 1. The molecular weight excluding hydrogens is 301 g/mol. The lowest BCUT2D eigenvalue weighted by atomic mass is 10.1. The molecule has 1 heterocycles. The van der Waals surface area contributed by atoms with Crippen molar-refractivity contribution >= 4 is 5.91 Å². The fraction of sp³-hybridized carbons (Fsp3) is 0.286. The fourth-order valence-corrected chi connectivity index (χ4v) is 1.78. The average molecular weight is 314 g/mol. The summed E-state index contributed by atoms with van der Waals surface area (Å²) < 4.78 is 42.7. The largest absolute Gasteiger partial charge is 0.416 e. The number of carbonyl (C=O) groups excluding carboxylic acids is 1. The van der Waals surface area contributed by atoms with Crippen molar-refractivity contribution in [1.82, 2.24) is 10.6 Å². The maximum absolute atomic E-state index is 12.6. The van der Waals surface area contributed by atoms with Crippen LogP contribution in [-0.4, -0.2) is 11.1 Å². The highest BCUT2D eigenvalue weighted by Crippen LogP contribution is 2.29. The van der Waals surface area contributed by atoms with Gasteiger partial charge in [-0.1, -0.05) is 11.2 Å². The SMILES string of the molecule is Cc1noc(C)c1CONC(=O)c1cccc(C(F)(F)F)c1. The van der Waals surface area contributed by atoms with Crippen molar-refractivity contribution in [3.05, 3.63) is 52.4 Å². The molecule has 0 atom stereocenters. The van der Waals surface area contributed by atoms with Crippen LogP contribution < -0.4 is 5.48 Å². The summed E-state index contributed by atoms with van der Waals surface area (Å²) in [4.78, 5) is 16.8. The Bertz CT molecular complexity index is 661. The molecule has 22 heavy (non-hydrogen) atoms. The minimum atomic E-state index is -4.51. The monoisotopic (exact) mass is 314 g/mol. The molecule has 0 spiro atoms. The maximum atomic E-state index is 12.6. The molecule has 2 rings (SSSR count). The zero-order valence-electron chi connectivity index (χ0n) is 11.8. The van der Waals surface area contributed by atoms with Crippen LogP contribution in [0.15, 0.2) is 28.8 Å². The molecule has 0 aliphatic heterocycles. The van der Waals surface area contributed by atoms with Crippen molar-refractivity contribution in [3.63, 3.8) is 0 Å². The molecule has 0 bridgehead atoms. The van der Waals surface area contributed by atoms with Crippen molar-refractivity contribution in [2.45, 2.75) is 26.6 Å². The van der Waals surface area contributed by atoms with Gasteiger partial charge in [0.1, 0.15) is 12.4 Å². The summed E-state index contributed by atoms with van der Waals surface area (Å²) in [6.45, 7) is 3.41. The van der Waals surface area contributed by atoms with Crippen LogP contribution in [0, 0.1) is 13.8 Å². The predicted octanol–water partition coefficient (Wildman–Crippen LogP) is 3.17. The summed E-state index contributed by atoms with van der Waals surface area (Å²) in [6, 6.07) is 4.08. The summed E-state index contributed by atoms with van der Waals surface area (Å²) in [5.74, 6) is -0.219. The molecule has 1 amide bonds. The van der Waals surface area contributed by atoms with E-state index in [2.05, 4.69) is 10.6 Å². The number of nitrogens with one attached hydrogen (secondary N) is 1. The molecule has 0 saturated heterocycles. The number of benzene rings is 1. The van der Waals surface area contributed by atoms with E-state index in [0.717, 1.165) is 18.2 Å². The standard InChI is InChI=1S/C14H13F3N2O3/c1-8-12(9(2)22-18-8)7-21-19-13(20)10-4-3-5-11(6-10)14(15,16)17/h3-6H,7H2,1-2H3,(H,19,20). The predicted molar refractivity (Wildman–Crippen MR) is 69.7 cm³/mol. The minimum absolute atomic E-state index is 0.00582. The van der Waals surface area contributed by atoms with Crippen LogP contribution in [0.1, 0.15) is 32.9 Å². The molecule has 0 aliphatic carbocycles. The summed E-state index contributed by atoms with van der Waals surface area (Å²) in [7, 11) is 0. The Morgan fingerprint density at radius 2 is 2.09 bits per heavy atom. The van der Waals surface area contributed by atoms with Crippen LogP contribution in [0.2, 0.25) is 0 Å². The number of halogens is 3. The zero-order valence-corrected chi connectivity index (χ0v) is 11.8. The van der Waals surface area contributed by atoms with Crippen LogP contribution >= 0.6 is 0 Å². The summed E-state index contributed by atoms with van der Waals surface area (Å²) in [5.41, 5.74) is 2.34. The Labute approximate surface area is 124 Å². The average Bonchev–Trinajstić information content (AvgIpc) is 2.78. The van der Waals surface area contributed by atoms with Gasteiger partial charge in [0.2, 0.25) is 0 Å². The molecule has 118 valence electrons. The van der Waals surface area contributed by atoms with Crippen molar-refractivity contribution in [1.29, 1.82) is 0 Å². The molecule has 1 aromatic heterocycles. The second-order valence-corrected chi connectivity index (χ2v) is 4.60. The molecular formula is C14H13F3N2O3. The van der Waals surface area contributed by atoms with Crippen LogP contribution in [-0.2, 0) is 17.6 Å². The molecule has 0 radical (unpaired) electrons. The summed E-state index contributed by atoms with van der Waals surface area (Å²) in [6.07, 6.45) is -4.51. The number of carbonyl (C=O) groups is 1. The highest BCUT2D eigenvalue weighted by Gasteiger charge is 2.30. The van der Waals surface area contributed by atoms with E-state index < -0.39 is 17.6 Å². The number of aromatic nitrogens is 1. The van der Waals surface area contributed by atoms with Gasteiger partial charge >= 0.3 is 6.18 Å². The van der Waals surface area contributed by atoms with Gasteiger partial charge in [-0.05, 0) is 32.0 Å². The van der Waals surface area contributed by atoms with Crippen molar-refractivity contribution in [2.24, 2.45) is 0 Å². The molecule has 8 heteroatoms. The highest BCUT2D eigenvalue weighted by molar-refractivity contribution is 5.93. The van der Waals surface area contributed by atoms with E-state index in [9.17, 15) is 18.0 Å². The first-order valence-electron chi connectivity index (χ1n) is 6.30. The molecule has 1 N–H and O–H groups in total. The first-order valence-corrected chi connectivity index (χ1v) is 6.30. The number of hydrogen-bond donors (Lipinski definition) is 1. The Hall–Kier alpha value is -2.35. The smallest absolute Gasteiger partial charge is 0.361 e. The topological polar surface area (TPSA) is 64.4 Å². The Balaban J connectivity index is 1.98. The van der Waals surface area contributed by atoms with Crippen molar-refractivity contribution < 1.29 is 27.3 Å². The van der Waals surface area contributed by atoms with E-state index in [-0.39, 0.29) is 12.2 Å². The van der Waals surface area contributed by atoms with E-state index in [4.69, 9.17) is 9.36 Å². The number of alkyl halides is 3. The van der Waals surface area contributed by atoms with Crippen LogP contribution in [0.3, 0.4) is 0 Å². The quantitative estimate of drug-likeness (QED) is 0.880. The van der Waals surface area contributed by atoms with Gasteiger partial charge in [-0.2, -0.15) is 13.2 Å². The molecule has 5 nitrogen and oxygen atoms in total. The van der Waals surface area contributed by atoms with Gasteiger partial charge in [-0.15, -0.1) is 0 Å². The first-order chi connectivity index (χ1) is 10.3. The zero-order chi connectivity index (χ0) is 16.3. The summed E-state index contributed by atoms with van der Waals surface area (Å²) in [5, 5.41) is 3.72. The maximum Gasteiger partial charge on any atom is 0.416 e. The number of rotatable bonds is 4. The van der Waals surface area contributed by atoms with E-state index in [1.54, 1.807) is 13.8 Å². The molecule has 2 aromatic rings. The molecule has 0 unspecified atom stereocenters. The van der Waals surface area contributed by atoms with Crippen LogP contribution in [0.5, 0.6) is 0 Å². The Morgan fingerprint density at radius 1 is 1.36 bits per heavy atom. The fourth-order valence-electron chi connectivity index (χ4n) is 1.78. The third kappa shape index (κ3) is 3.64. The number of hydrogen-bond acceptors (Lipinski definition) is 4. The lowest BCUT2D eigenvalue weighted by molar-refractivity contribution is -0.137. The molecule has 0 fully saturated rings. The second kappa shape index (κ2) is 6.18. The van der Waals surface area contributed by atoms with Crippen molar-refractivity contribution in [3.8, 4) is 0 Å². The van der Waals surface area contributed by atoms with E-state index >= 15 is 0 Å². The highest BCUT2D eigenvalue weighted by atomic mass is 19.4. The van der Waals surface area contributed by atoms with E-state index in [1.807, 2.05) is 0 Å². The molecule has 1 aromatic carbocycles. The second-order valence-electron chi connectivity index (χ2n) is 4.60. The van der Waals surface area contributed by atoms with E-state index in [0.29, 0.717) is 17.0 Å². The van der Waals surface area contributed by atoms with Crippen molar-refractivity contribution in [2.75, 3.05) is 0 Å². The van der Waals surface area contributed by atoms with Crippen LogP contribution in [0.4, 0.5) is 13.2 Å². The van der Waals surface area contributed by atoms with E-state index in [1.165, 1.54) is 6.07 Å². The third-order valence-corrected chi connectivity index (χ3v) is 3.01. The van der Waals surface area contributed by atoms with Gasteiger partial charge in [0.05, 0.1) is 11.3 Å². The minimum Gasteiger partial charge on any atom is -0.361 e. The normalized spacial score (nSPS) is 11.5. The number of hydroxylamine groups is 1. The lowest BCUT2D eigenvalue weighted by Gasteiger charge is -2.09. The first kappa shape index (κ1) is 16.0. The van der Waals surface area contributed by atoms with Gasteiger partial charge in [-0.3, -0.25) is 9.63 Å². The van der Waals surface area contributed by atoms with Gasteiger partial charge in [0.15, 0.2) is 0 Å². The molecule has 0 saturated carbocycles. The molecule has 0 aliphatic rings. The number of aryl methyl sites for hydroxylation is 2. The summed E-state index contributed by atoms with van der Waals surface area (Å²) >= 11 is 0. The van der Waals surface area contributed by atoms with Gasteiger partial charge < -0.3 is 4.52 Å². The lowest BCUT2D eigenvalue weighted by Crippen LogP contribution is -2.24. The third-order valence-electron chi connectivity index (χ3n) is 3.01. The Kier molecular flexibility index (Phi) is 4.51. The van der Waals surface area contributed by atoms with Gasteiger partial charge in [-0.25, -0.2) is 5.48 Å². The number of nitrogens with zero attached hydrogens (tertiary/aromatic N) is 1. The van der Waals surface area contributed by atoms with Gasteiger partial charge in [0.25, 0.3) is 5.91 Å².